The molecule has 6 heteroatoms. The first-order valence-electron chi connectivity index (χ1n) is 7.19. The lowest BCUT2D eigenvalue weighted by Crippen LogP contribution is -2.17. The van der Waals surface area contributed by atoms with Crippen LogP contribution in [0.15, 0.2) is 59.5 Å². The van der Waals surface area contributed by atoms with Gasteiger partial charge in [0.05, 0.1) is 22.2 Å². The summed E-state index contributed by atoms with van der Waals surface area (Å²) in [7, 11) is -1.88. The fourth-order valence-corrected chi connectivity index (χ4v) is 5.55. The van der Waals surface area contributed by atoms with Crippen molar-refractivity contribution in [3.63, 3.8) is 0 Å². The van der Waals surface area contributed by atoms with Crippen LogP contribution in [0.25, 0.3) is 0 Å². The Morgan fingerprint density at radius 1 is 1.09 bits per heavy atom. The van der Waals surface area contributed by atoms with Gasteiger partial charge in [0.15, 0.2) is 9.84 Å². The Labute approximate surface area is 141 Å². The predicted molar refractivity (Wildman–Crippen MR) is 93.4 cm³/mol. The molecule has 0 unspecified atom stereocenters. The number of rotatable bonds is 5. The van der Waals surface area contributed by atoms with Crippen molar-refractivity contribution in [2.75, 3.05) is 7.11 Å². The summed E-state index contributed by atoms with van der Waals surface area (Å²) in [4.78, 5) is 0.553. The molecule has 4 nitrogen and oxygen atoms in total. The molecule has 0 aliphatic heterocycles. The van der Waals surface area contributed by atoms with Crippen molar-refractivity contribution < 1.29 is 13.2 Å². The van der Waals surface area contributed by atoms with Crippen LogP contribution in [0, 0.1) is 5.92 Å². The molecular weight excluding hydrogens is 330 g/mol. The van der Waals surface area contributed by atoms with Crippen molar-refractivity contribution >= 4 is 27.0 Å². The van der Waals surface area contributed by atoms with Gasteiger partial charge in [-0.2, -0.15) is 0 Å². The first-order valence-corrected chi connectivity index (χ1v) is 9.14. The molecule has 1 saturated carbocycles. The van der Waals surface area contributed by atoms with Gasteiger partial charge in [-0.05, 0) is 29.8 Å². The molecule has 0 amide bonds. The van der Waals surface area contributed by atoms with Crippen LogP contribution in [0.4, 0.5) is 0 Å². The quantitative estimate of drug-likeness (QED) is 0.842. The number of benzene rings is 2. The molecule has 1 fully saturated rings. The van der Waals surface area contributed by atoms with Crippen molar-refractivity contribution in [2.45, 2.75) is 16.1 Å². The molecular formula is C17H17NO3S2. The second-order valence-electron chi connectivity index (χ2n) is 5.55. The third-order valence-corrected chi connectivity index (χ3v) is 6.72. The van der Waals surface area contributed by atoms with Crippen LogP contribution in [0.3, 0.4) is 0 Å². The summed E-state index contributed by atoms with van der Waals surface area (Å²) in [6, 6.07) is 15.8. The number of sulfone groups is 1. The second kappa shape index (κ2) is 5.94. The van der Waals surface area contributed by atoms with E-state index < -0.39 is 15.1 Å². The van der Waals surface area contributed by atoms with Crippen LogP contribution in [0.2, 0.25) is 0 Å². The molecule has 0 saturated heterocycles. The zero-order valence-corrected chi connectivity index (χ0v) is 14.2. The maximum Gasteiger partial charge on any atom is 0.182 e. The third kappa shape index (κ3) is 2.84. The van der Waals surface area contributed by atoms with Crippen molar-refractivity contribution in [3.8, 4) is 5.75 Å². The molecule has 2 aromatic rings. The number of ether oxygens (including phenoxy) is 1. The SMILES string of the molecule is COc1ccc([C@@H]2[C@@H](C(N)=S)[C@H]2S(=O)(=O)c2ccccc2)cc1. The largest absolute Gasteiger partial charge is 0.497 e. The lowest BCUT2D eigenvalue weighted by atomic mass is 10.1. The minimum atomic E-state index is -3.47. The van der Waals surface area contributed by atoms with Crippen molar-refractivity contribution in [1.82, 2.24) is 0 Å². The molecule has 3 rings (SSSR count). The lowest BCUT2D eigenvalue weighted by molar-refractivity contribution is 0.414. The standard InChI is InChI=1S/C17H17NO3S2/c1-21-12-9-7-11(8-10-12)14-15(17(18)22)16(14)23(19,20)13-5-3-2-4-6-13/h2-10,14-16H,1H3,(H2,18,22)/t14-,15-,16+/m1/s1. The van der Waals surface area contributed by atoms with Gasteiger partial charge >= 0.3 is 0 Å². The van der Waals surface area contributed by atoms with Gasteiger partial charge in [0.1, 0.15) is 5.75 Å². The van der Waals surface area contributed by atoms with Gasteiger partial charge in [-0.15, -0.1) is 0 Å². The molecule has 2 aromatic carbocycles. The van der Waals surface area contributed by atoms with E-state index in [9.17, 15) is 8.42 Å². The molecule has 0 heterocycles. The van der Waals surface area contributed by atoms with Gasteiger partial charge in [0.2, 0.25) is 0 Å². The molecule has 1 aliphatic rings. The van der Waals surface area contributed by atoms with E-state index in [0.717, 1.165) is 11.3 Å². The molecule has 120 valence electrons. The summed E-state index contributed by atoms with van der Waals surface area (Å²) in [5, 5.41) is -0.601. The first kappa shape index (κ1) is 16.0. The number of methoxy groups -OCH3 is 1. The Balaban J connectivity index is 1.96. The highest BCUT2D eigenvalue weighted by Gasteiger charge is 2.60. The molecule has 0 radical (unpaired) electrons. The Bertz CT molecular complexity index is 817. The molecule has 0 spiro atoms. The smallest absolute Gasteiger partial charge is 0.182 e. The van der Waals surface area contributed by atoms with Crippen molar-refractivity contribution in [3.05, 3.63) is 60.2 Å². The number of thiocarbonyl (C=S) groups is 1. The van der Waals surface area contributed by atoms with Gasteiger partial charge in [-0.3, -0.25) is 0 Å². The molecule has 0 bridgehead atoms. The highest BCUT2D eigenvalue weighted by Crippen LogP contribution is 2.54. The summed E-state index contributed by atoms with van der Waals surface area (Å²) >= 11 is 5.09. The average Bonchev–Trinajstić information content (AvgIpc) is 3.32. The highest BCUT2D eigenvalue weighted by molar-refractivity contribution is 7.92. The normalized spacial score (nSPS) is 23.3. The van der Waals surface area contributed by atoms with E-state index in [-0.39, 0.29) is 16.8 Å². The number of hydrogen-bond donors (Lipinski definition) is 1. The van der Waals surface area contributed by atoms with E-state index in [4.69, 9.17) is 22.7 Å². The van der Waals surface area contributed by atoms with Gasteiger partial charge in [-0.25, -0.2) is 8.42 Å². The van der Waals surface area contributed by atoms with E-state index in [2.05, 4.69) is 0 Å². The van der Waals surface area contributed by atoms with Crippen LogP contribution in [-0.4, -0.2) is 25.8 Å². The van der Waals surface area contributed by atoms with E-state index in [1.807, 2.05) is 24.3 Å². The van der Waals surface area contributed by atoms with E-state index >= 15 is 0 Å². The zero-order chi connectivity index (χ0) is 16.6. The summed E-state index contributed by atoms with van der Waals surface area (Å²) in [6.07, 6.45) is 0. The van der Waals surface area contributed by atoms with E-state index in [0.29, 0.717) is 4.90 Å². The van der Waals surface area contributed by atoms with Crippen LogP contribution >= 0.6 is 12.2 Å². The van der Waals surface area contributed by atoms with Gasteiger partial charge in [0.25, 0.3) is 0 Å². The fourth-order valence-electron chi connectivity index (χ4n) is 3.00. The maximum absolute atomic E-state index is 12.9. The first-order chi connectivity index (χ1) is 11.0. The molecule has 23 heavy (non-hydrogen) atoms. The van der Waals surface area contributed by atoms with Crippen LogP contribution in [0.1, 0.15) is 11.5 Å². The Hall–Kier alpha value is -1.92. The average molecular weight is 347 g/mol. The Morgan fingerprint density at radius 2 is 1.70 bits per heavy atom. The fraction of sp³-hybridized carbons (Fsp3) is 0.235. The summed E-state index contributed by atoms with van der Waals surface area (Å²) in [5.74, 6) is 0.191. The monoisotopic (exact) mass is 347 g/mol. The van der Waals surface area contributed by atoms with E-state index in [1.54, 1.807) is 37.4 Å². The molecule has 0 aromatic heterocycles. The Morgan fingerprint density at radius 3 is 2.22 bits per heavy atom. The minimum Gasteiger partial charge on any atom is -0.497 e. The second-order valence-corrected chi connectivity index (χ2v) is 8.13. The highest BCUT2D eigenvalue weighted by atomic mass is 32.2. The number of nitrogens with two attached hydrogens (primary N) is 1. The Kier molecular flexibility index (Phi) is 4.12. The van der Waals surface area contributed by atoms with E-state index in [1.165, 1.54) is 0 Å². The number of hydrogen-bond acceptors (Lipinski definition) is 4. The zero-order valence-electron chi connectivity index (χ0n) is 12.5. The topological polar surface area (TPSA) is 69.4 Å². The van der Waals surface area contributed by atoms with Crippen molar-refractivity contribution in [2.24, 2.45) is 11.7 Å². The third-order valence-electron chi connectivity index (χ3n) is 4.21. The maximum atomic E-state index is 12.9. The molecule has 1 aliphatic carbocycles. The minimum absolute atomic E-state index is 0.205. The van der Waals surface area contributed by atoms with Gasteiger partial charge in [-0.1, -0.05) is 42.5 Å². The van der Waals surface area contributed by atoms with Gasteiger partial charge in [0, 0.05) is 11.8 Å². The van der Waals surface area contributed by atoms with Crippen LogP contribution in [0.5, 0.6) is 5.75 Å². The summed E-state index contributed by atoms with van der Waals surface area (Å²) in [5.41, 5.74) is 6.70. The summed E-state index contributed by atoms with van der Waals surface area (Å²) < 4.78 is 30.9. The summed E-state index contributed by atoms with van der Waals surface area (Å²) in [6.45, 7) is 0. The van der Waals surface area contributed by atoms with Gasteiger partial charge < -0.3 is 10.5 Å². The van der Waals surface area contributed by atoms with Crippen LogP contribution in [-0.2, 0) is 9.84 Å². The molecule has 2 N–H and O–H groups in total. The predicted octanol–water partition coefficient (Wildman–Crippen LogP) is 2.54. The van der Waals surface area contributed by atoms with Crippen molar-refractivity contribution in [1.29, 1.82) is 0 Å². The van der Waals surface area contributed by atoms with Crippen LogP contribution < -0.4 is 10.5 Å². The lowest BCUT2D eigenvalue weighted by Gasteiger charge is -2.05. The molecule has 3 atom stereocenters.